The molecule has 0 radical (unpaired) electrons. The lowest BCUT2D eigenvalue weighted by Crippen LogP contribution is -2.40. The molecular formula is C22H27N5O5. The number of benzene rings is 1. The van der Waals surface area contributed by atoms with Crippen LogP contribution in [0.1, 0.15) is 28.8 Å². The molecule has 0 spiro atoms. The number of amides is 1. The Hall–Kier alpha value is -3.40. The molecule has 2 fully saturated rings. The third kappa shape index (κ3) is 4.05. The normalized spacial score (nSPS) is 16.8. The first-order valence-corrected chi connectivity index (χ1v) is 10.7. The number of carbonyl (C=O) groups is 1. The molecule has 2 saturated heterocycles. The minimum absolute atomic E-state index is 0.0909. The molecule has 0 saturated carbocycles. The lowest BCUT2D eigenvalue weighted by atomic mass is 10.1. The molecule has 32 heavy (non-hydrogen) atoms. The van der Waals surface area contributed by atoms with Gasteiger partial charge in [-0.05, 0) is 31.0 Å². The van der Waals surface area contributed by atoms with Gasteiger partial charge >= 0.3 is 5.69 Å². The molecule has 10 heteroatoms. The molecule has 2 aromatic rings. The third-order valence-electron chi connectivity index (χ3n) is 5.97. The average Bonchev–Trinajstić information content (AvgIpc) is 3.36. The molecule has 10 nitrogen and oxygen atoms in total. The maximum atomic E-state index is 13.0. The first kappa shape index (κ1) is 21.8. The van der Waals surface area contributed by atoms with Crippen LogP contribution in [0.25, 0.3) is 0 Å². The molecule has 0 atom stereocenters. The summed E-state index contributed by atoms with van der Waals surface area (Å²) < 4.78 is 7.24. The monoisotopic (exact) mass is 441 g/mol. The zero-order valence-electron chi connectivity index (χ0n) is 18.3. The molecule has 2 aliphatic heterocycles. The second-order valence-corrected chi connectivity index (χ2v) is 8.00. The minimum Gasteiger partial charge on any atom is -0.494 e. The van der Waals surface area contributed by atoms with Crippen LogP contribution in [0.5, 0.6) is 5.88 Å². The van der Waals surface area contributed by atoms with Gasteiger partial charge in [0.25, 0.3) is 11.5 Å². The number of aromatic nitrogens is 2. The van der Waals surface area contributed by atoms with Crippen molar-refractivity contribution < 1.29 is 14.6 Å². The van der Waals surface area contributed by atoms with E-state index in [4.69, 9.17) is 4.74 Å². The molecule has 1 aromatic heterocycles. The van der Waals surface area contributed by atoms with Crippen LogP contribution >= 0.6 is 0 Å². The molecule has 0 bridgehead atoms. The summed E-state index contributed by atoms with van der Waals surface area (Å²) in [7, 11) is 2.73. The number of morpholine rings is 1. The Balaban J connectivity index is 1.75. The Morgan fingerprint density at radius 1 is 1.06 bits per heavy atom. The van der Waals surface area contributed by atoms with E-state index in [9.17, 15) is 19.5 Å². The summed E-state index contributed by atoms with van der Waals surface area (Å²) in [6.07, 6.45) is 3.40. The van der Waals surface area contributed by atoms with Crippen LogP contribution in [0.15, 0.2) is 32.8 Å². The Morgan fingerprint density at radius 2 is 1.75 bits per heavy atom. The maximum absolute atomic E-state index is 13.0. The first-order chi connectivity index (χ1) is 15.4. The van der Waals surface area contributed by atoms with E-state index in [0.29, 0.717) is 37.6 Å². The van der Waals surface area contributed by atoms with Crippen molar-refractivity contribution in [2.45, 2.75) is 12.8 Å². The molecule has 170 valence electrons. The van der Waals surface area contributed by atoms with Crippen molar-refractivity contribution in [3.8, 4) is 5.88 Å². The van der Waals surface area contributed by atoms with Gasteiger partial charge in [-0.1, -0.05) is 0 Å². The van der Waals surface area contributed by atoms with E-state index in [2.05, 4.69) is 9.89 Å². The van der Waals surface area contributed by atoms with Crippen LogP contribution in [-0.4, -0.2) is 70.7 Å². The third-order valence-corrected chi connectivity index (χ3v) is 5.97. The quantitative estimate of drug-likeness (QED) is 0.697. The summed E-state index contributed by atoms with van der Waals surface area (Å²) in [5.74, 6) is -0.552. The summed E-state index contributed by atoms with van der Waals surface area (Å²) in [5, 5.41) is 10.3. The lowest BCUT2D eigenvalue weighted by molar-refractivity contribution is 0.0303. The van der Waals surface area contributed by atoms with E-state index in [1.807, 2.05) is 6.07 Å². The average molecular weight is 441 g/mol. The van der Waals surface area contributed by atoms with E-state index in [1.54, 1.807) is 17.0 Å². The van der Waals surface area contributed by atoms with E-state index < -0.39 is 17.1 Å². The SMILES string of the molecule is Cn1c(O)c(C=Nc2cc(C(=O)N3CCOCC3)ccc2N2CCCC2)c(=O)n(C)c1=O. The number of nitrogens with zero attached hydrogens (tertiary/aromatic N) is 5. The summed E-state index contributed by atoms with van der Waals surface area (Å²) in [6, 6.07) is 5.39. The van der Waals surface area contributed by atoms with Crippen molar-refractivity contribution in [3.05, 3.63) is 50.2 Å². The Bertz CT molecular complexity index is 1170. The highest BCUT2D eigenvalue weighted by Gasteiger charge is 2.22. The molecule has 2 aliphatic rings. The minimum atomic E-state index is -0.641. The van der Waals surface area contributed by atoms with Gasteiger partial charge in [0, 0.05) is 52.1 Å². The fourth-order valence-corrected chi connectivity index (χ4v) is 4.04. The highest BCUT2D eigenvalue weighted by molar-refractivity contribution is 5.97. The maximum Gasteiger partial charge on any atom is 0.333 e. The zero-order valence-corrected chi connectivity index (χ0v) is 18.3. The number of carbonyl (C=O) groups excluding carboxylic acids is 1. The van der Waals surface area contributed by atoms with Gasteiger partial charge in [0.15, 0.2) is 0 Å². The molecule has 3 heterocycles. The van der Waals surface area contributed by atoms with Crippen LogP contribution in [0, 0.1) is 0 Å². The van der Waals surface area contributed by atoms with Gasteiger partial charge in [0.05, 0.1) is 24.6 Å². The predicted molar refractivity (Wildman–Crippen MR) is 120 cm³/mol. The number of ether oxygens (including phenoxy) is 1. The van der Waals surface area contributed by atoms with E-state index in [-0.39, 0.29) is 11.5 Å². The summed E-state index contributed by atoms with van der Waals surface area (Å²) in [5.41, 5.74) is 0.532. The molecule has 1 amide bonds. The fraction of sp³-hybridized carbons (Fsp3) is 0.455. The molecule has 0 aliphatic carbocycles. The van der Waals surface area contributed by atoms with Crippen LogP contribution < -0.4 is 16.1 Å². The predicted octanol–water partition coefficient (Wildman–Crippen LogP) is 0.613. The Labute approximate surface area is 185 Å². The van der Waals surface area contributed by atoms with Gasteiger partial charge in [-0.15, -0.1) is 0 Å². The van der Waals surface area contributed by atoms with Gasteiger partial charge in [-0.3, -0.25) is 23.7 Å². The number of aliphatic imine (C=N–C) groups is 1. The van der Waals surface area contributed by atoms with Crippen LogP contribution in [0.4, 0.5) is 11.4 Å². The summed E-state index contributed by atoms with van der Waals surface area (Å²) >= 11 is 0. The van der Waals surface area contributed by atoms with Crippen LogP contribution in [0.3, 0.4) is 0 Å². The second-order valence-electron chi connectivity index (χ2n) is 8.00. The van der Waals surface area contributed by atoms with Gasteiger partial charge < -0.3 is 19.6 Å². The summed E-state index contributed by atoms with van der Waals surface area (Å²) in [4.78, 5) is 45.9. The van der Waals surface area contributed by atoms with Crippen molar-refractivity contribution in [2.75, 3.05) is 44.3 Å². The van der Waals surface area contributed by atoms with Crippen molar-refractivity contribution in [2.24, 2.45) is 19.1 Å². The number of anilines is 1. The van der Waals surface area contributed by atoms with Gasteiger partial charge in [-0.2, -0.15) is 0 Å². The largest absolute Gasteiger partial charge is 0.494 e. The zero-order chi connectivity index (χ0) is 22.8. The van der Waals surface area contributed by atoms with Gasteiger partial charge in [0.2, 0.25) is 5.88 Å². The van der Waals surface area contributed by atoms with Gasteiger partial charge in [0.1, 0.15) is 5.56 Å². The summed E-state index contributed by atoms with van der Waals surface area (Å²) in [6.45, 7) is 3.86. The van der Waals surface area contributed by atoms with Crippen molar-refractivity contribution in [1.82, 2.24) is 14.0 Å². The number of rotatable bonds is 4. The molecule has 0 unspecified atom stereocenters. The lowest BCUT2D eigenvalue weighted by Gasteiger charge is -2.27. The smallest absolute Gasteiger partial charge is 0.333 e. The first-order valence-electron chi connectivity index (χ1n) is 10.7. The highest BCUT2D eigenvalue weighted by atomic mass is 16.5. The number of aromatic hydroxyl groups is 1. The van der Waals surface area contributed by atoms with E-state index in [0.717, 1.165) is 40.8 Å². The Morgan fingerprint density at radius 3 is 2.44 bits per heavy atom. The second kappa shape index (κ2) is 8.99. The fourth-order valence-electron chi connectivity index (χ4n) is 4.04. The number of hydrogen-bond acceptors (Lipinski definition) is 7. The molecular weight excluding hydrogens is 414 g/mol. The molecule has 1 N–H and O–H groups in total. The number of hydrogen-bond donors (Lipinski definition) is 1. The van der Waals surface area contributed by atoms with Gasteiger partial charge in [-0.25, -0.2) is 4.79 Å². The topological polar surface area (TPSA) is 109 Å². The van der Waals surface area contributed by atoms with Crippen molar-refractivity contribution in [1.29, 1.82) is 0 Å². The van der Waals surface area contributed by atoms with E-state index >= 15 is 0 Å². The van der Waals surface area contributed by atoms with E-state index in [1.165, 1.54) is 20.3 Å². The molecule has 4 rings (SSSR count). The Kier molecular flexibility index (Phi) is 6.13. The van der Waals surface area contributed by atoms with Crippen LogP contribution in [-0.2, 0) is 18.8 Å². The highest BCUT2D eigenvalue weighted by Crippen LogP contribution is 2.33. The van der Waals surface area contributed by atoms with Crippen molar-refractivity contribution in [3.63, 3.8) is 0 Å². The standard InChI is InChI=1S/C22H27N5O5/c1-24-20(29)16(21(30)25(2)22(24)31)14-23-17-13-15(19(28)27-9-11-32-12-10-27)5-6-18(17)26-7-3-4-8-26/h5-6,13-14,29H,3-4,7-12H2,1-2H3. The molecule has 1 aromatic carbocycles. The van der Waals surface area contributed by atoms with Crippen molar-refractivity contribution >= 4 is 23.5 Å². The van der Waals surface area contributed by atoms with Crippen LogP contribution in [0.2, 0.25) is 0 Å².